The smallest absolute Gasteiger partial charge is 0.389 e. The van der Waals surface area contributed by atoms with Gasteiger partial charge in [-0.05, 0) is 6.42 Å². The van der Waals surface area contributed by atoms with Gasteiger partial charge in [0.1, 0.15) is 10.8 Å². The van der Waals surface area contributed by atoms with E-state index in [1.165, 1.54) is 6.20 Å². The molecule has 4 N–H and O–H groups in total. The minimum Gasteiger partial charge on any atom is -0.389 e. The Labute approximate surface area is 181 Å². The van der Waals surface area contributed by atoms with E-state index in [1.54, 1.807) is 30.3 Å². The predicted octanol–water partition coefficient (Wildman–Crippen LogP) is 4.16. The summed E-state index contributed by atoms with van der Waals surface area (Å²) in [6, 6.07) is 8.64. The number of benzene rings is 1. The molecule has 1 aliphatic carbocycles. The van der Waals surface area contributed by atoms with Crippen molar-refractivity contribution < 1.29 is 13.2 Å². The van der Waals surface area contributed by atoms with Crippen LogP contribution in [-0.2, 0) is 6.18 Å². The molecule has 6 nitrogen and oxygen atoms in total. The number of aromatic nitrogens is 4. The molecule has 1 aliphatic rings. The molecule has 0 spiro atoms. The number of anilines is 1. The summed E-state index contributed by atoms with van der Waals surface area (Å²) in [4.78, 5) is 7.76. The zero-order chi connectivity index (χ0) is 22.2. The molecule has 31 heavy (non-hydrogen) atoms. The first-order valence-corrected chi connectivity index (χ1v) is 9.69. The van der Waals surface area contributed by atoms with Gasteiger partial charge in [0.05, 0.1) is 17.5 Å². The third-order valence-corrected chi connectivity index (χ3v) is 5.07. The van der Waals surface area contributed by atoms with Gasteiger partial charge in [-0.3, -0.25) is 0 Å². The second-order valence-electron chi connectivity index (χ2n) is 6.87. The standard InChI is InChI=1S/C21H17F3N6S/c22-21(23,24)20-28-16(13-9-5-2-6-10-13)15(12-7-3-1-4-8-12)19(29-20)30-17(25)14(11-27-30)18(26)31/h1-7,9-12H,8,25H2,(H2,26,31). The number of thiocarbonyl (C=S) groups is 1. The molecular formula is C21H17F3N6S. The van der Waals surface area contributed by atoms with Crippen molar-refractivity contribution in [3.05, 3.63) is 77.8 Å². The fraction of sp³-hybridized carbons (Fsp3) is 0.143. The summed E-state index contributed by atoms with van der Waals surface area (Å²) in [5, 5.41) is 4.15. The summed E-state index contributed by atoms with van der Waals surface area (Å²) in [6.07, 6.45) is 4.61. The molecule has 0 bridgehead atoms. The van der Waals surface area contributed by atoms with Gasteiger partial charge in [0.15, 0.2) is 5.82 Å². The van der Waals surface area contributed by atoms with Gasteiger partial charge in [-0.25, -0.2) is 9.97 Å². The second kappa shape index (κ2) is 7.95. The number of rotatable bonds is 4. The molecule has 0 saturated carbocycles. The molecule has 1 aromatic carbocycles. The Morgan fingerprint density at radius 2 is 1.87 bits per heavy atom. The first-order valence-electron chi connectivity index (χ1n) is 9.29. The lowest BCUT2D eigenvalue weighted by molar-refractivity contribution is -0.144. The molecule has 0 aliphatic heterocycles. The zero-order valence-corrected chi connectivity index (χ0v) is 16.9. The van der Waals surface area contributed by atoms with Crippen molar-refractivity contribution in [1.29, 1.82) is 0 Å². The highest BCUT2D eigenvalue weighted by atomic mass is 32.1. The van der Waals surface area contributed by atoms with E-state index in [0.717, 1.165) is 4.68 Å². The number of nitrogen functional groups attached to an aromatic ring is 1. The quantitative estimate of drug-likeness (QED) is 0.589. The number of halogens is 3. The van der Waals surface area contributed by atoms with Crippen LogP contribution in [0.4, 0.5) is 19.0 Å². The van der Waals surface area contributed by atoms with E-state index >= 15 is 0 Å². The Balaban J connectivity index is 2.07. The predicted molar refractivity (Wildman–Crippen MR) is 116 cm³/mol. The Bertz CT molecular complexity index is 1200. The Hall–Kier alpha value is -3.53. The molecule has 158 valence electrons. The summed E-state index contributed by atoms with van der Waals surface area (Å²) in [7, 11) is 0. The van der Waals surface area contributed by atoms with Crippen LogP contribution in [0, 0.1) is 0 Å². The summed E-state index contributed by atoms with van der Waals surface area (Å²) in [5.41, 5.74) is 13.2. The van der Waals surface area contributed by atoms with Crippen LogP contribution in [0.3, 0.4) is 0 Å². The van der Waals surface area contributed by atoms with Gasteiger partial charge < -0.3 is 11.5 Å². The van der Waals surface area contributed by atoms with E-state index in [4.69, 9.17) is 23.7 Å². The number of nitrogens with two attached hydrogens (primary N) is 2. The molecule has 0 amide bonds. The number of alkyl halides is 3. The van der Waals surface area contributed by atoms with Crippen LogP contribution in [0.1, 0.15) is 29.3 Å². The lowest BCUT2D eigenvalue weighted by Gasteiger charge is -2.22. The van der Waals surface area contributed by atoms with Crippen LogP contribution in [0.5, 0.6) is 0 Å². The third kappa shape index (κ3) is 3.93. The number of nitrogens with zero attached hydrogens (tertiary/aromatic N) is 4. The van der Waals surface area contributed by atoms with E-state index in [0.29, 0.717) is 17.5 Å². The molecular weight excluding hydrogens is 425 g/mol. The molecule has 1 unspecified atom stereocenters. The summed E-state index contributed by atoms with van der Waals surface area (Å²) >= 11 is 4.97. The van der Waals surface area contributed by atoms with Crippen LogP contribution in [0.15, 0.2) is 60.8 Å². The van der Waals surface area contributed by atoms with Crippen molar-refractivity contribution in [3.8, 4) is 17.1 Å². The molecule has 0 fully saturated rings. The van der Waals surface area contributed by atoms with Gasteiger partial charge in [-0.1, -0.05) is 66.9 Å². The highest BCUT2D eigenvalue weighted by Gasteiger charge is 2.38. The highest BCUT2D eigenvalue weighted by Crippen LogP contribution is 2.39. The lowest BCUT2D eigenvalue weighted by atomic mass is 9.89. The molecule has 2 heterocycles. The van der Waals surface area contributed by atoms with Gasteiger partial charge in [-0.15, -0.1) is 0 Å². The minimum absolute atomic E-state index is 0.00918. The summed E-state index contributed by atoms with van der Waals surface area (Å²) in [5.74, 6) is -1.62. The molecule has 10 heteroatoms. The van der Waals surface area contributed by atoms with Crippen molar-refractivity contribution in [2.45, 2.75) is 18.5 Å². The molecule has 1 atom stereocenters. The second-order valence-corrected chi connectivity index (χ2v) is 7.31. The maximum absolute atomic E-state index is 13.7. The lowest BCUT2D eigenvalue weighted by Crippen LogP contribution is -2.20. The minimum atomic E-state index is -4.77. The van der Waals surface area contributed by atoms with Crippen LogP contribution < -0.4 is 11.5 Å². The van der Waals surface area contributed by atoms with Crippen LogP contribution in [-0.4, -0.2) is 24.7 Å². The van der Waals surface area contributed by atoms with Crippen molar-refractivity contribution >= 4 is 23.0 Å². The van der Waals surface area contributed by atoms with E-state index in [-0.39, 0.29) is 33.8 Å². The van der Waals surface area contributed by atoms with Crippen molar-refractivity contribution in [2.24, 2.45) is 5.73 Å². The Morgan fingerprint density at radius 1 is 1.13 bits per heavy atom. The van der Waals surface area contributed by atoms with Gasteiger partial charge in [0.25, 0.3) is 0 Å². The topological polar surface area (TPSA) is 95.6 Å². The first-order chi connectivity index (χ1) is 14.8. The molecule has 3 aromatic rings. The Kier molecular flexibility index (Phi) is 5.32. The van der Waals surface area contributed by atoms with Crippen LogP contribution >= 0.6 is 12.2 Å². The normalized spacial score (nSPS) is 15.9. The van der Waals surface area contributed by atoms with Gasteiger partial charge >= 0.3 is 6.18 Å². The largest absolute Gasteiger partial charge is 0.451 e. The number of hydrogen-bond acceptors (Lipinski definition) is 5. The van der Waals surface area contributed by atoms with Crippen molar-refractivity contribution in [2.75, 3.05) is 5.73 Å². The third-order valence-electron chi connectivity index (χ3n) is 4.85. The van der Waals surface area contributed by atoms with E-state index in [9.17, 15) is 13.2 Å². The molecule has 0 saturated heterocycles. The van der Waals surface area contributed by atoms with Gasteiger partial charge in [0.2, 0.25) is 5.82 Å². The average Bonchev–Trinajstić information content (AvgIpc) is 3.15. The molecule has 4 rings (SSSR count). The molecule has 2 aromatic heterocycles. The summed E-state index contributed by atoms with van der Waals surface area (Å²) in [6.45, 7) is 0. The zero-order valence-electron chi connectivity index (χ0n) is 16.0. The SMILES string of the molecule is NC(=S)c1cnn(-c2nc(C(F)(F)F)nc(-c3ccccc3)c2C2C=CC=CC2)c1N. The highest BCUT2D eigenvalue weighted by molar-refractivity contribution is 7.80. The van der Waals surface area contributed by atoms with Gasteiger partial charge in [0, 0.05) is 17.0 Å². The molecule has 0 radical (unpaired) electrons. The first kappa shape index (κ1) is 20.7. The fourth-order valence-corrected chi connectivity index (χ4v) is 3.57. The maximum atomic E-state index is 13.7. The Morgan fingerprint density at radius 3 is 2.45 bits per heavy atom. The van der Waals surface area contributed by atoms with E-state index in [1.807, 2.05) is 24.3 Å². The number of allylic oxidation sites excluding steroid dienone is 4. The van der Waals surface area contributed by atoms with Crippen molar-refractivity contribution in [3.63, 3.8) is 0 Å². The van der Waals surface area contributed by atoms with E-state index < -0.39 is 12.0 Å². The number of hydrogen-bond donors (Lipinski definition) is 2. The maximum Gasteiger partial charge on any atom is 0.451 e. The fourth-order valence-electron chi connectivity index (χ4n) is 3.41. The average molecular weight is 442 g/mol. The van der Waals surface area contributed by atoms with E-state index in [2.05, 4.69) is 15.1 Å². The summed E-state index contributed by atoms with van der Waals surface area (Å²) < 4.78 is 42.3. The van der Waals surface area contributed by atoms with Crippen LogP contribution in [0.2, 0.25) is 0 Å². The monoisotopic (exact) mass is 442 g/mol. The van der Waals surface area contributed by atoms with Crippen molar-refractivity contribution in [1.82, 2.24) is 19.7 Å². The van der Waals surface area contributed by atoms with Gasteiger partial charge in [-0.2, -0.15) is 23.0 Å². The van der Waals surface area contributed by atoms with Crippen LogP contribution in [0.25, 0.3) is 17.1 Å².